The van der Waals surface area contributed by atoms with Gasteiger partial charge in [0.1, 0.15) is 0 Å². The van der Waals surface area contributed by atoms with Crippen LogP contribution in [0.1, 0.15) is 12.8 Å². The van der Waals surface area contributed by atoms with Crippen molar-refractivity contribution < 1.29 is 8.42 Å². The van der Waals surface area contributed by atoms with Crippen LogP contribution in [0.4, 0.5) is 0 Å². The van der Waals surface area contributed by atoms with E-state index in [1.165, 1.54) is 0 Å². The average molecular weight is 271 g/mol. The Morgan fingerprint density at radius 2 is 2.17 bits per heavy atom. The van der Waals surface area contributed by atoms with E-state index in [0.29, 0.717) is 13.0 Å². The summed E-state index contributed by atoms with van der Waals surface area (Å²) in [5.41, 5.74) is 5.39. The minimum absolute atomic E-state index is 0.0892. The van der Waals surface area contributed by atoms with Crippen LogP contribution in [0.15, 0.2) is 9.39 Å². The van der Waals surface area contributed by atoms with E-state index >= 15 is 0 Å². The molecule has 0 atom stereocenters. The molecule has 0 fully saturated rings. The Bertz CT molecular complexity index is 510. The molecule has 0 aliphatic carbocycles. The molecule has 0 aromatic carbocycles. The van der Waals surface area contributed by atoms with E-state index in [-0.39, 0.29) is 11.7 Å². The standard InChI is InChI=1S/C10H17N5O2S/c1-15(2)8-6-4-3-5-7-12-10-9(11)13-18(16,17)14-10/h3,5,7-8H2,1-2H3,(H2,11,13)(H,12,14). The molecule has 18 heavy (non-hydrogen) atoms. The van der Waals surface area contributed by atoms with Crippen LogP contribution in [0.2, 0.25) is 0 Å². The second-order valence-electron chi connectivity index (χ2n) is 3.98. The average Bonchev–Trinajstić information content (AvgIpc) is 2.50. The number of nitrogens with two attached hydrogens (primary N) is 1. The van der Waals surface area contributed by atoms with Gasteiger partial charge in [0, 0.05) is 13.0 Å². The van der Waals surface area contributed by atoms with Gasteiger partial charge in [-0.2, -0.15) is 8.42 Å². The lowest BCUT2D eigenvalue weighted by Gasteiger charge is -2.00. The van der Waals surface area contributed by atoms with Gasteiger partial charge in [-0.1, -0.05) is 5.92 Å². The third-order valence-corrected chi connectivity index (χ3v) is 2.83. The quantitative estimate of drug-likeness (QED) is 0.502. The van der Waals surface area contributed by atoms with Crippen LogP contribution in [-0.4, -0.2) is 52.2 Å². The Morgan fingerprint density at radius 3 is 2.72 bits per heavy atom. The van der Waals surface area contributed by atoms with Crippen LogP contribution in [0.25, 0.3) is 0 Å². The van der Waals surface area contributed by atoms with E-state index in [9.17, 15) is 8.42 Å². The Hall–Kier alpha value is -1.59. The van der Waals surface area contributed by atoms with Crippen LogP contribution in [0.3, 0.4) is 0 Å². The van der Waals surface area contributed by atoms with Crippen molar-refractivity contribution >= 4 is 21.9 Å². The number of amidine groups is 2. The van der Waals surface area contributed by atoms with E-state index < -0.39 is 10.2 Å². The summed E-state index contributed by atoms with van der Waals surface area (Å²) in [4.78, 5) is 6.01. The Labute approximate surface area is 107 Å². The fourth-order valence-electron chi connectivity index (χ4n) is 1.14. The fraction of sp³-hybridized carbons (Fsp3) is 0.600. The van der Waals surface area contributed by atoms with Crippen molar-refractivity contribution in [1.29, 1.82) is 0 Å². The molecule has 0 amide bonds. The second kappa shape index (κ2) is 6.37. The van der Waals surface area contributed by atoms with E-state index in [2.05, 4.69) is 26.0 Å². The number of nitrogens with zero attached hydrogens (tertiary/aromatic N) is 3. The molecule has 0 radical (unpaired) electrons. The third-order valence-electron chi connectivity index (χ3n) is 1.94. The maximum atomic E-state index is 11.0. The van der Waals surface area contributed by atoms with Gasteiger partial charge < -0.3 is 5.73 Å². The number of hydrogen-bond donors (Lipinski definition) is 2. The predicted octanol–water partition coefficient (Wildman–Crippen LogP) is -1.06. The smallest absolute Gasteiger partial charge is 0.345 e. The molecule has 8 heteroatoms. The summed E-state index contributed by atoms with van der Waals surface area (Å²) in [6, 6.07) is 0. The Balaban J connectivity index is 2.30. The minimum atomic E-state index is -3.66. The zero-order valence-electron chi connectivity index (χ0n) is 10.5. The van der Waals surface area contributed by atoms with Gasteiger partial charge in [0.05, 0.1) is 6.54 Å². The lowest BCUT2D eigenvalue weighted by Crippen LogP contribution is -2.31. The highest BCUT2D eigenvalue weighted by Gasteiger charge is 2.23. The molecule has 0 aromatic heterocycles. The predicted molar refractivity (Wildman–Crippen MR) is 71.5 cm³/mol. The van der Waals surface area contributed by atoms with Crippen molar-refractivity contribution in [3.8, 4) is 11.8 Å². The first-order valence-electron chi connectivity index (χ1n) is 5.44. The van der Waals surface area contributed by atoms with E-state index in [1.54, 1.807) is 0 Å². The molecular weight excluding hydrogens is 254 g/mol. The zero-order valence-corrected chi connectivity index (χ0v) is 11.3. The maximum Gasteiger partial charge on any atom is 0.345 e. The normalized spacial score (nSPS) is 19.3. The molecule has 0 bridgehead atoms. The molecule has 1 rings (SSSR count). The van der Waals surface area contributed by atoms with Crippen molar-refractivity contribution in [1.82, 2.24) is 9.62 Å². The monoisotopic (exact) mass is 271 g/mol. The largest absolute Gasteiger partial charge is 0.380 e. The molecule has 100 valence electrons. The number of unbranched alkanes of at least 4 members (excludes halogenated alkanes) is 1. The van der Waals surface area contributed by atoms with Crippen LogP contribution in [0.5, 0.6) is 0 Å². The summed E-state index contributed by atoms with van der Waals surface area (Å²) in [7, 11) is 0.250. The van der Waals surface area contributed by atoms with Gasteiger partial charge in [-0.3, -0.25) is 9.89 Å². The molecule has 0 saturated heterocycles. The molecule has 1 aliphatic heterocycles. The van der Waals surface area contributed by atoms with Crippen LogP contribution < -0.4 is 10.5 Å². The first-order chi connectivity index (χ1) is 8.41. The van der Waals surface area contributed by atoms with Crippen molar-refractivity contribution in [2.45, 2.75) is 12.8 Å². The van der Waals surface area contributed by atoms with Gasteiger partial charge in [0.2, 0.25) is 0 Å². The molecule has 0 unspecified atom stereocenters. The van der Waals surface area contributed by atoms with Gasteiger partial charge >= 0.3 is 10.2 Å². The lowest BCUT2D eigenvalue weighted by molar-refractivity contribution is 0.463. The molecule has 3 N–H and O–H groups in total. The van der Waals surface area contributed by atoms with Gasteiger partial charge in [-0.25, -0.2) is 4.72 Å². The summed E-state index contributed by atoms with van der Waals surface area (Å²) in [5.74, 6) is 6.04. The van der Waals surface area contributed by atoms with Gasteiger partial charge in [-0.05, 0) is 20.5 Å². The van der Waals surface area contributed by atoms with Gasteiger partial charge in [0.15, 0.2) is 11.7 Å². The minimum Gasteiger partial charge on any atom is -0.380 e. The number of rotatable bonds is 4. The molecular formula is C10H17N5O2S. The summed E-state index contributed by atoms with van der Waals surface area (Å²) < 4.78 is 27.4. The van der Waals surface area contributed by atoms with Gasteiger partial charge in [0.25, 0.3) is 0 Å². The van der Waals surface area contributed by atoms with Crippen LogP contribution in [0, 0.1) is 11.8 Å². The van der Waals surface area contributed by atoms with E-state index in [4.69, 9.17) is 5.73 Å². The fourth-order valence-corrected chi connectivity index (χ4v) is 1.95. The summed E-state index contributed by atoms with van der Waals surface area (Å²) in [6.45, 7) is 1.19. The summed E-state index contributed by atoms with van der Waals surface area (Å²) in [5, 5.41) is 0. The zero-order chi connectivity index (χ0) is 13.6. The first-order valence-corrected chi connectivity index (χ1v) is 6.88. The Kier molecular flexibility index (Phi) is 5.12. The lowest BCUT2D eigenvalue weighted by atomic mass is 10.3. The SMILES string of the molecule is CN(C)CC#CCCCN=C1NS(=O)(=O)N=C1N. The second-order valence-corrected chi connectivity index (χ2v) is 5.32. The van der Waals surface area contributed by atoms with Gasteiger partial charge in [-0.15, -0.1) is 10.3 Å². The van der Waals surface area contributed by atoms with Crippen LogP contribution >= 0.6 is 0 Å². The van der Waals surface area contributed by atoms with E-state index in [0.717, 1.165) is 13.0 Å². The number of hydrogen-bond acceptors (Lipinski definition) is 5. The molecule has 0 saturated carbocycles. The molecule has 7 nitrogen and oxygen atoms in total. The first kappa shape index (κ1) is 14.5. The van der Waals surface area contributed by atoms with Crippen LogP contribution in [-0.2, 0) is 10.2 Å². The summed E-state index contributed by atoms with van der Waals surface area (Å²) in [6.07, 6.45) is 1.47. The summed E-state index contributed by atoms with van der Waals surface area (Å²) >= 11 is 0. The highest BCUT2D eigenvalue weighted by atomic mass is 32.2. The topological polar surface area (TPSA) is 100 Å². The molecule has 1 heterocycles. The van der Waals surface area contributed by atoms with Crippen molar-refractivity contribution in [3.63, 3.8) is 0 Å². The third kappa shape index (κ3) is 5.16. The van der Waals surface area contributed by atoms with Crippen molar-refractivity contribution in [2.75, 3.05) is 27.2 Å². The maximum absolute atomic E-state index is 11.0. The number of nitrogens with one attached hydrogen (secondary N) is 1. The highest BCUT2D eigenvalue weighted by Crippen LogP contribution is 1.98. The Morgan fingerprint density at radius 1 is 1.44 bits per heavy atom. The van der Waals surface area contributed by atoms with E-state index in [1.807, 2.05) is 19.0 Å². The molecule has 0 spiro atoms. The molecule has 1 aliphatic rings. The highest BCUT2D eigenvalue weighted by molar-refractivity contribution is 7.89. The number of aliphatic imine (C=N–C) groups is 1. The van der Waals surface area contributed by atoms with Crippen molar-refractivity contribution in [3.05, 3.63) is 0 Å². The molecule has 0 aromatic rings. The van der Waals surface area contributed by atoms with Crippen molar-refractivity contribution in [2.24, 2.45) is 15.1 Å².